The maximum atomic E-state index is 12.7. The Hall–Kier alpha value is 0.164. The van der Waals surface area contributed by atoms with E-state index >= 15 is 0 Å². The van der Waals surface area contributed by atoms with Gasteiger partial charge in [0.05, 0.1) is 25.0 Å². The van der Waals surface area contributed by atoms with E-state index in [9.17, 15) is 9.59 Å². The molecule has 0 saturated heterocycles. The Labute approximate surface area is 153 Å². The van der Waals surface area contributed by atoms with Crippen molar-refractivity contribution in [3.63, 3.8) is 0 Å². The van der Waals surface area contributed by atoms with Crippen LogP contribution < -0.4 is 0 Å². The maximum absolute atomic E-state index is 12.7. The number of rotatable bonds is 9. The molecule has 0 saturated carbocycles. The molecule has 6 heteroatoms. The van der Waals surface area contributed by atoms with Gasteiger partial charge in [-0.05, 0) is 0 Å². The predicted molar refractivity (Wildman–Crippen MR) is 76.2 cm³/mol. The van der Waals surface area contributed by atoms with E-state index < -0.39 is 17.5 Å². The first kappa shape index (κ1) is 23.4. The SMILES string of the molecule is C[CH-]C(OC)C(C)C(=O)C(C)(C)C(CC(=O)OC)OC.[Y]. The maximum Gasteiger partial charge on any atom is 0.308 e. The van der Waals surface area contributed by atoms with E-state index in [1.54, 1.807) is 21.0 Å². The van der Waals surface area contributed by atoms with Gasteiger partial charge in [0.15, 0.2) is 0 Å². The average Bonchev–Trinajstić information content (AvgIpc) is 2.44. The fraction of sp³-hybridized carbons (Fsp3) is 0.800. The van der Waals surface area contributed by atoms with Gasteiger partial charge in [-0.1, -0.05) is 26.9 Å². The van der Waals surface area contributed by atoms with E-state index in [1.165, 1.54) is 14.2 Å². The number of methoxy groups -OCH3 is 3. The van der Waals surface area contributed by atoms with Crippen molar-refractivity contribution >= 4 is 11.8 Å². The van der Waals surface area contributed by atoms with E-state index in [0.29, 0.717) is 0 Å². The van der Waals surface area contributed by atoms with E-state index in [-0.39, 0.29) is 56.9 Å². The summed E-state index contributed by atoms with van der Waals surface area (Å²) in [6.07, 6.45) is 1.11. The first-order chi connectivity index (χ1) is 9.25. The summed E-state index contributed by atoms with van der Waals surface area (Å²) in [6.45, 7) is 7.24. The van der Waals surface area contributed by atoms with E-state index in [0.717, 1.165) is 0 Å². The van der Waals surface area contributed by atoms with Crippen LogP contribution in [0.1, 0.15) is 34.1 Å². The summed E-state index contributed by atoms with van der Waals surface area (Å²) in [4.78, 5) is 24.1. The van der Waals surface area contributed by atoms with Crippen molar-refractivity contribution < 1.29 is 56.5 Å². The molecule has 3 atom stereocenters. The van der Waals surface area contributed by atoms with Gasteiger partial charge < -0.3 is 20.6 Å². The molecule has 0 aromatic carbocycles. The van der Waals surface area contributed by atoms with Crippen LogP contribution in [0.15, 0.2) is 0 Å². The van der Waals surface area contributed by atoms with Crippen molar-refractivity contribution in [3.8, 4) is 0 Å². The second-order valence-corrected chi connectivity index (χ2v) is 5.41. The average molecular weight is 376 g/mol. The third kappa shape index (κ3) is 6.43. The fourth-order valence-corrected chi connectivity index (χ4v) is 2.39. The summed E-state index contributed by atoms with van der Waals surface area (Å²) in [7, 11) is 4.39. The topological polar surface area (TPSA) is 61.8 Å². The Morgan fingerprint density at radius 2 is 1.67 bits per heavy atom. The molecule has 0 bridgehead atoms. The molecule has 0 fully saturated rings. The molecule has 0 amide bonds. The minimum atomic E-state index is -0.803. The minimum absolute atomic E-state index is 0. The van der Waals surface area contributed by atoms with Crippen molar-refractivity contribution in [3.05, 3.63) is 6.42 Å². The van der Waals surface area contributed by atoms with Gasteiger partial charge in [-0.2, -0.15) is 6.92 Å². The van der Waals surface area contributed by atoms with Crippen LogP contribution in [0.3, 0.4) is 0 Å². The largest absolute Gasteiger partial charge is 0.469 e. The summed E-state index contributed by atoms with van der Waals surface area (Å²) in [5, 5.41) is 0. The van der Waals surface area contributed by atoms with Gasteiger partial charge in [-0.3, -0.25) is 9.59 Å². The van der Waals surface area contributed by atoms with E-state index in [2.05, 4.69) is 4.74 Å². The van der Waals surface area contributed by atoms with Crippen molar-refractivity contribution in [2.45, 2.75) is 46.3 Å². The second-order valence-electron chi connectivity index (χ2n) is 5.41. The number of ketones is 1. The van der Waals surface area contributed by atoms with Crippen LogP contribution in [-0.2, 0) is 56.5 Å². The third-order valence-corrected chi connectivity index (χ3v) is 3.81. The molecule has 0 aliphatic heterocycles. The van der Waals surface area contributed by atoms with Crippen LogP contribution in [0.25, 0.3) is 0 Å². The third-order valence-electron chi connectivity index (χ3n) is 3.81. The zero-order valence-corrected chi connectivity index (χ0v) is 17.0. The molecule has 0 aliphatic carbocycles. The molecule has 0 N–H and O–H groups in total. The zero-order chi connectivity index (χ0) is 15.9. The number of Topliss-reactive ketones (excluding diaryl/α,β-unsaturated/α-hetero) is 1. The van der Waals surface area contributed by atoms with Crippen LogP contribution in [0, 0.1) is 17.8 Å². The normalized spacial score (nSPS) is 15.6. The summed E-state index contributed by atoms with van der Waals surface area (Å²) in [5.41, 5.74) is -0.803. The van der Waals surface area contributed by atoms with Gasteiger partial charge in [-0.25, -0.2) is 0 Å². The molecule has 121 valence electrons. The van der Waals surface area contributed by atoms with E-state index in [1.807, 2.05) is 20.3 Å². The zero-order valence-electron chi connectivity index (χ0n) is 14.1. The molecule has 21 heavy (non-hydrogen) atoms. The number of hydrogen-bond acceptors (Lipinski definition) is 5. The van der Waals surface area contributed by atoms with Gasteiger partial charge in [0.1, 0.15) is 5.78 Å². The Balaban J connectivity index is 0. The van der Waals surface area contributed by atoms with Crippen molar-refractivity contribution in [1.29, 1.82) is 0 Å². The number of carbonyl (C=O) groups is 2. The molecule has 0 aromatic rings. The summed E-state index contributed by atoms with van der Waals surface area (Å²) in [6, 6.07) is 0. The molecule has 0 spiro atoms. The van der Waals surface area contributed by atoms with Gasteiger partial charge in [-0.15, -0.1) is 0 Å². The molecule has 3 unspecified atom stereocenters. The van der Waals surface area contributed by atoms with Gasteiger partial charge in [0.2, 0.25) is 0 Å². The van der Waals surface area contributed by atoms with Crippen molar-refractivity contribution in [1.82, 2.24) is 0 Å². The van der Waals surface area contributed by atoms with Crippen LogP contribution in [-0.4, -0.2) is 45.3 Å². The smallest absolute Gasteiger partial charge is 0.308 e. The van der Waals surface area contributed by atoms with Gasteiger partial charge >= 0.3 is 5.97 Å². The Kier molecular flexibility index (Phi) is 12.1. The van der Waals surface area contributed by atoms with Crippen LogP contribution in [0.4, 0.5) is 0 Å². The quantitative estimate of drug-likeness (QED) is 0.455. The molecule has 0 aromatic heterocycles. The fourth-order valence-electron chi connectivity index (χ4n) is 2.39. The number of hydrogen-bond donors (Lipinski definition) is 0. The van der Waals surface area contributed by atoms with Crippen LogP contribution in [0.5, 0.6) is 0 Å². The first-order valence-electron chi connectivity index (χ1n) is 6.72. The van der Waals surface area contributed by atoms with E-state index in [4.69, 9.17) is 9.47 Å². The Morgan fingerprint density at radius 3 is 2.00 bits per heavy atom. The Morgan fingerprint density at radius 1 is 1.14 bits per heavy atom. The van der Waals surface area contributed by atoms with Crippen LogP contribution in [0.2, 0.25) is 0 Å². The summed E-state index contributed by atoms with van der Waals surface area (Å²) in [5.74, 6) is -0.704. The summed E-state index contributed by atoms with van der Waals surface area (Å²) < 4.78 is 15.3. The molecule has 1 radical (unpaired) electrons. The Bertz CT molecular complexity index is 326. The number of carbonyl (C=O) groups excluding carboxylic acids is 2. The minimum Gasteiger partial charge on any atom is -0.469 e. The number of ether oxygens (including phenoxy) is 3. The second kappa shape index (κ2) is 10.8. The molecular formula is C15H27O5Y-. The first-order valence-corrected chi connectivity index (χ1v) is 6.72. The molecule has 5 nitrogen and oxygen atoms in total. The standard InChI is InChI=1S/C15H27O5.Y/c1-8-11(18-5)10(2)14(17)15(3,4)12(19-6)9-13(16)20-7;/h8,10-12H,9H2,1-7H3;/q-1;. The monoisotopic (exact) mass is 376 g/mol. The van der Waals surface area contributed by atoms with Gasteiger partial charge in [0, 0.05) is 52.8 Å². The number of esters is 1. The molecular weight excluding hydrogens is 349 g/mol. The van der Waals surface area contributed by atoms with Crippen molar-refractivity contribution in [2.24, 2.45) is 11.3 Å². The molecule has 0 aliphatic rings. The van der Waals surface area contributed by atoms with Gasteiger partial charge in [0.25, 0.3) is 0 Å². The molecule has 0 heterocycles. The van der Waals surface area contributed by atoms with Crippen LogP contribution >= 0.6 is 0 Å². The van der Waals surface area contributed by atoms with Crippen molar-refractivity contribution in [2.75, 3.05) is 21.3 Å². The predicted octanol–water partition coefficient (Wildman–Crippen LogP) is 2.03. The summed E-state index contributed by atoms with van der Waals surface area (Å²) >= 11 is 0. The molecule has 0 rings (SSSR count).